The number of likely N-dealkylation sites (tertiary alicyclic amines) is 1. The van der Waals surface area contributed by atoms with Crippen LogP contribution in [0.5, 0.6) is 0 Å². The second kappa shape index (κ2) is 15.7. The van der Waals surface area contributed by atoms with Crippen molar-refractivity contribution in [1.29, 1.82) is 0 Å². The zero-order valence-electron chi connectivity index (χ0n) is 18.2. The van der Waals surface area contributed by atoms with Crippen LogP contribution in [0.3, 0.4) is 0 Å². The summed E-state index contributed by atoms with van der Waals surface area (Å²) in [5, 5.41) is 0. The summed E-state index contributed by atoms with van der Waals surface area (Å²) >= 11 is 0. The van der Waals surface area contributed by atoms with Crippen molar-refractivity contribution in [2.75, 3.05) is 26.7 Å². The van der Waals surface area contributed by atoms with Crippen molar-refractivity contribution >= 4 is 5.78 Å². The van der Waals surface area contributed by atoms with E-state index in [2.05, 4.69) is 14.0 Å². The lowest BCUT2D eigenvalue weighted by molar-refractivity contribution is -0.911. The summed E-state index contributed by atoms with van der Waals surface area (Å²) in [5.74, 6) is 0.479. The Morgan fingerprint density at radius 1 is 0.615 bits per heavy atom. The summed E-state index contributed by atoms with van der Waals surface area (Å²) in [7, 11) is 2.34. The van der Waals surface area contributed by atoms with Crippen LogP contribution in [0.15, 0.2) is 0 Å². The molecule has 0 amide bonds. The van der Waals surface area contributed by atoms with E-state index in [9.17, 15) is 4.79 Å². The molecule has 0 atom stereocenters. The number of ketones is 1. The monoisotopic (exact) mass is 366 g/mol. The number of hydrogen-bond acceptors (Lipinski definition) is 1. The second-order valence-corrected chi connectivity index (χ2v) is 9.13. The second-order valence-electron chi connectivity index (χ2n) is 9.13. The Morgan fingerprint density at radius 3 is 1.35 bits per heavy atom. The summed E-state index contributed by atoms with van der Waals surface area (Å²) in [5.41, 5.74) is 0. The van der Waals surface area contributed by atoms with Crippen LogP contribution in [0.1, 0.15) is 122 Å². The molecule has 0 aromatic heterocycles. The van der Waals surface area contributed by atoms with Gasteiger partial charge in [-0.25, -0.2) is 0 Å². The van der Waals surface area contributed by atoms with E-state index >= 15 is 0 Å². The van der Waals surface area contributed by atoms with Gasteiger partial charge in [0.2, 0.25) is 0 Å². The quantitative estimate of drug-likeness (QED) is 0.199. The smallest absolute Gasteiger partial charge is 0.144 e. The van der Waals surface area contributed by atoms with Crippen LogP contribution in [0.4, 0.5) is 0 Å². The average molecular weight is 367 g/mol. The zero-order valence-corrected chi connectivity index (χ0v) is 18.2. The van der Waals surface area contributed by atoms with Gasteiger partial charge in [-0.3, -0.25) is 4.79 Å². The third-order valence-electron chi connectivity index (χ3n) is 6.41. The van der Waals surface area contributed by atoms with Crippen LogP contribution in [-0.4, -0.2) is 36.9 Å². The van der Waals surface area contributed by atoms with Gasteiger partial charge in [0.25, 0.3) is 0 Å². The SMILES string of the molecule is CCCCCCCCCCCCCCCCCC[N+]1(C)CCC(=O)CC1. The first-order valence-corrected chi connectivity index (χ1v) is 12.0. The Morgan fingerprint density at radius 2 is 0.962 bits per heavy atom. The standard InChI is InChI=1S/C24H48NO/c1-3-4-5-6-7-8-9-10-11-12-13-14-15-16-17-18-21-25(2)22-19-24(26)20-23-25/h3-23H2,1-2H3/q+1. The molecule has 1 aliphatic heterocycles. The molecule has 154 valence electrons. The predicted molar refractivity (Wildman–Crippen MR) is 115 cm³/mol. The molecule has 2 heteroatoms. The number of Topliss-reactive ketones (excluding diaryl/α,β-unsaturated/α-hetero) is 1. The van der Waals surface area contributed by atoms with Crippen molar-refractivity contribution in [3.05, 3.63) is 0 Å². The fraction of sp³-hybridized carbons (Fsp3) is 0.958. The molecule has 1 aliphatic rings. The summed E-state index contributed by atoms with van der Waals surface area (Å²) < 4.78 is 1.14. The molecule has 0 aliphatic carbocycles. The highest BCUT2D eigenvalue weighted by molar-refractivity contribution is 5.78. The Kier molecular flexibility index (Phi) is 14.3. The molecule has 1 heterocycles. The van der Waals surface area contributed by atoms with Gasteiger partial charge in [0, 0.05) is 0 Å². The van der Waals surface area contributed by atoms with Gasteiger partial charge in [0.05, 0.1) is 39.5 Å². The molecular formula is C24H48NO+. The van der Waals surface area contributed by atoms with Crippen LogP contribution < -0.4 is 0 Å². The van der Waals surface area contributed by atoms with Gasteiger partial charge in [-0.2, -0.15) is 0 Å². The van der Waals surface area contributed by atoms with Gasteiger partial charge >= 0.3 is 0 Å². The van der Waals surface area contributed by atoms with Crippen LogP contribution in [-0.2, 0) is 4.79 Å². The molecule has 0 unspecified atom stereocenters. The maximum atomic E-state index is 11.4. The summed E-state index contributed by atoms with van der Waals surface area (Å²) in [6, 6.07) is 0. The number of piperidine rings is 1. The number of hydrogen-bond donors (Lipinski definition) is 0. The number of nitrogens with zero attached hydrogens (tertiary/aromatic N) is 1. The van der Waals surface area contributed by atoms with Crippen LogP contribution in [0, 0.1) is 0 Å². The maximum absolute atomic E-state index is 11.4. The lowest BCUT2D eigenvalue weighted by Gasteiger charge is -2.37. The topological polar surface area (TPSA) is 17.1 Å². The largest absolute Gasteiger partial charge is 0.325 e. The van der Waals surface area contributed by atoms with Crippen molar-refractivity contribution in [2.24, 2.45) is 0 Å². The predicted octanol–water partition coefficient (Wildman–Crippen LogP) is 7.06. The Balaban J connectivity index is 1.75. The van der Waals surface area contributed by atoms with Crippen LogP contribution in [0.25, 0.3) is 0 Å². The number of carbonyl (C=O) groups excluding carboxylic acids is 1. The van der Waals surface area contributed by atoms with E-state index in [4.69, 9.17) is 0 Å². The maximum Gasteiger partial charge on any atom is 0.144 e. The molecule has 0 N–H and O–H groups in total. The molecule has 26 heavy (non-hydrogen) atoms. The molecule has 0 radical (unpaired) electrons. The molecule has 0 bridgehead atoms. The summed E-state index contributed by atoms with van der Waals surface area (Å²) in [6.07, 6.45) is 24.6. The van der Waals surface area contributed by atoms with Crippen molar-refractivity contribution in [3.8, 4) is 0 Å². The van der Waals surface area contributed by atoms with Gasteiger partial charge in [-0.15, -0.1) is 0 Å². The fourth-order valence-corrected chi connectivity index (χ4v) is 4.29. The normalized spacial score (nSPS) is 16.9. The van der Waals surface area contributed by atoms with E-state index in [0.717, 1.165) is 30.4 Å². The Labute approximate surface area is 164 Å². The zero-order chi connectivity index (χ0) is 18.9. The number of quaternary nitrogens is 1. The highest BCUT2D eigenvalue weighted by atomic mass is 16.1. The summed E-state index contributed by atoms with van der Waals surface area (Å²) in [4.78, 5) is 11.4. The van der Waals surface area contributed by atoms with Gasteiger partial charge in [0.1, 0.15) is 5.78 Å². The van der Waals surface area contributed by atoms with Gasteiger partial charge in [0.15, 0.2) is 0 Å². The van der Waals surface area contributed by atoms with Crippen molar-refractivity contribution in [1.82, 2.24) is 0 Å². The minimum absolute atomic E-state index is 0.479. The molecule has 0 spiro atoms. The van der Waals surface area contributed by atoms with E-state index in [-0.39, 0.29) is 0 Å². The van der Waals surface area contributed by atoms with Crippen LogP contribution >= 0.6 is 0 Å². The van der Waals surface area contributed by atoms with E-state index in [1.54, 1.807) is 0 Å². The highest BCUT2D eigenvalue weighted by Crippen LogP contribution is 2.17. The Bertz CT molecular complexity index is 329. The molecule has 1 fully saturated rings. The number of unbranched alkanes of at least 4 members (excludes halogenated alkanes) is 15. The first-order chi connectivity index (χ1) is 12.7. The Hall–Kier alpha value is -0.370. The van der Waals surface area contributed by atoms with Gasteiger partial charge < -0.3 is 4.48 Å². The minimum atomic E-state index is 0.479. The molecule has 0 aromatic rings. The highest BCUT2D eigenvalue weighted by Gasteiger charge is 2.27. The summed E-state index contributed by atoms with van der Waals surface area (Å²) in [6.45, 7) is 5.74. The van der Waals surface area contributed by atoms with E-state index in [1.165, 1.54) is 109 Å². The van der Waals surface area contributed by atoms with E-state index in [0.29, 0.717) is 5.78 Å². The molecule has 0 saturated carbocycles. The first-order valence-electron chi connectivity index (χ1n) is 12.0. The van der Waals surface area contributed by atoms with Gasteiger partial charge in [-0.1, -0.05) is 96.8 Å². The third-order valence-corrected chi connectivity index (χ3v) is 6.41. The lowest BCUT2D eigenvalue weighted by atomic mass is 10.0. The molecule has 0 aromatic carbocycles. The van der Waals surface area contributed by atoms with Crippen molar-refractivity contribution in [3.63, 3.8) is 0 Å². The average Bonchev–Trinajstić information content (AvgIpc) is 2.64. The van der Waals surface area contributed by atoms with Crippen LogP contribution in [0.2, 0.25) is 0 Å². The number of rotatable bonds is 17. The molecule has 2 nitrogen and oxygen atoms in total. The molecular weight excluding hydrogens is 318 g/mol. The lowest BCUT2D eigenvalue weighted by Crippen LogP contribution is -2.50. The van der Waals surface area contributed by atoms with Crippen molar-refractivity contribution in [2.45, 2.75) is 122 Å². The number of carbonyl (C=O) groups is 1. The minimum Gasteiger partial charge on any atom is -0.325 e. The first kappa shape index (κ1) is 23.7. The van der Waals surface area contributed by atoms with Gasteiger partial charge in [-0.05, 0) is 12.8 Å². The third kappa shape index (κ3) is 12.9. The van der Waals surface area contributed by atoms with E-state index < -0.39 is 0 Å². The van der Waals surface area contributed by atoms with E-state index in [1.807, 2.05) is 0 Å². The fourth-order valence-electron chi connectivity index (χ4n) is 4.29. The van der Waals surface area contributed by atoms with Crippen molar-refractivity contribution < 1.29 is 9.28 Å². The molecule has 1 rings (SSSR count). The molecule has 1 saturated heterocycles.